The number of anilines is 1. The second-order valence-electron chi connectivity index (χ2n) is 6.23. The van der Waals surface area contributed by atoms with Crippen LogP contribution in [0, 0.1) is 0 Å². The molecule has 0 unspecified atom stereocenters. The Bertz CT molecular complexity index is 994. The Morgan fingerprint density at radius 2 is 1.69 bits per heavy atom. The summed E-state index contributed by atoms with van der Waals surface area (Å²) in [6.45, 7) is 1.55. The Balaban J connectivity index is 1.48. The molecule has 4 aromatic rings. The van der Waals surface area contributed by atoms with Crippen molar-refractivity contribution < 1.29 is 5.11 Å². The van der Waals surface area contributed by atoms with Gasteiger partial charge in [-0.15, -0.1) is 0 Å². The molecule has 0 aliphatic carbocycles. The second-order valence-corrected chi connectivity index (χ2v) is 6.23. The van der Waals surface area contributed by atoms with Gasteiger partial charge in [-0.05, 0) is 35.7 Å². The molecular formula is C21H20N4O. The van der Waals surface area contributed by atoms with Gasteiger partial charge in [-0.3, -0.25) is 0 Å². The highest BCUT2D eigenvalue weighted by Gasteiger charge is 2.08. The van der Waals surface area contributed by atoms with Gasteiger partial charge < -0.3 is 15.0 Å². The van der Waals surface area contributed by atoms with Gasteiger partial charge >= 0.3 is 0 Å². The Kier molecular flexibility index (Phi) is 4.51. The highest BCUT2D eigenvalue weighted by molar-refractivity contribution is 5.87. The molecule has 2 heterocycles. The first-order valence-electron chi connectivity index (χ1n) is 8.65. The summed E-state index contributed by atoms with van der Waals surface area (Å²) in [5.41, 5.74) is 3.34. The molecule has 0 saturated carbocycles. The van der Waals surface area contributed by atoms with Gasteiger partial charge in [0.25, 0.3) is 0 Å². The van der Waals surface area contributed by atoms with Crippen molar-refractivity contribution in [2.24, 2.45) is 0 Å². The lowest BCUT2D eigenvalue weighted by molar-refractivity contribution is 0.475. The third kappa shape index (κ3) is 3.52. The van der Waals surface area contributed by atoms with Gasteiger partial charge in [-0.25, -0.2) is 9.97 Å². The van der Waals surface area contributed by atoms with Crippen LogP contribution in [0.1, 0.15) is 11.1 Å². The number of phenols is 1. The number of aromatic hydroxyl groups is 1. The van der Waals surface area contributed by atoms with Crippen LogP contribution in [0.15, 0.2) is 73.2 Å². The van der Waals surface area contributed by atoms with E-state index in [-0.39, 0.29) is 0 Å². The number of nitrogens with zero attached hydrogens (tertiary/aromatic N) is 3. The van der Waals surface area contributed by atoms with Crippen LogP contribution in [-0.2, 0) is 13.0 Å². The Labute approximate surface area is 152 Å². The topological polar surface area (TPSA) is 63.0 Å². The molecule has 0 radical (unpaired) electrons. The van der Waals surface area contributed by atoms with Gasteiger partial charge in [0.1, 0.15) is 23.5 Å². The van der Waals surface area contributed by atoms with E-state index in [4.69, 9.17) is 0 Å². The van der Waals surface area contributed by atoms with Crippen molar-refractivity contribution in [2.45, 2.75) is 13.0 Å². The van der Waals surface area contributed by atoms with Crippen LogP contribution in [0.4, 0.5) is 5.82 Å². The van der Waals surface area contributed by atoms with Crippen LogP contribution in [0.2, 0.25) is 0 Å². The van der Waals surface area contributed by atoms with Gasteiger partial charge in [0.2, 0.25) is 0 Å². The summed E-state index contributed by atoms with van der Waals surface area (Å²) in [7, 11) is 0. The number of rotatable bonds is 6. The molecule has 0 aliphatic heterocycles. The molecule has 0 fully saturated rings. The first-order valence-corrected chi connectivity index (χ1v) is 8.65. The zero-order chi connectivity index (χ0) is 17.8. The molecule has 0 atom stereocenters. The molecule has 0 saturated heterocycles. The molecule has 26 heavy (non-hydrogen) atoms. The van der Waals surface area contributed by atoms with Gasteiger partial charge in [0.05, 0.1) is 5.39 Å². The lowest BCUT2D eigenvalue weighted by Gasteiger charge is -2.08. The summed E-state index contributed by atoms with van der Waals surface area (Å²) >= 11 is 0. The van der Waals surface area contributed by atoms with Crippen LogP contribution in [-0.4, -0.2) is 26.2 Å². The Morgan fingerprint density at radius 3 is 2.50 bits per heavy atom. The van der Waals surface area contributed by atoms with Crippen LogP contribution in [0.25, 0.3) is 11.0 Å². The van der Waals surface area contributed by atoms with E-state index in [1.165, 1.54) is 11.1 Å². The van der Waals surface area contributed by atoms with E-state index in [1.54, 1.807) is 18.5 Å². The molecule has 0 aliphatic rings. The largest absolute Gasteiger partial charge is 0.508 e. The zero-order valence-electron chi connectivity index (χ0n) is 14.3. The van der Waals surface area contributed by atoms with Gasteiger partial charge in [0, 0.05) is 19.3 Å². The van der Waals surface area contributed by atoms with E-state index in [1.807, 2.05) is 30.3 Å². The number of nitrogens with one attached hydrogen (secondary N) is 1. The number of phenolic OH excluding ortho intramolecular Hbond substituents is 1. The highest BCUT2D eigenvalue weighted by atomic mass is 16.3. The molecule has 2 aromatic carbocycles. The smallest absolute Gasteiger partial charge is 0.145 e. The lowest BCUT2D eigenvalue weighted by Crippen LogP contribution is -2.07. The predicted octanol–water partition coefficient (Wildman–Crippen LogP) is 3.84. The molecule has 5 heteroatoms. The fraction of sp³-hybridized carbons (Fsp3) is 0.143. The average Bonchev–Trinajstić information content (AvgIpc) is 3.08. The summed E-state index contributed by atoms with van der Waals surface area (Å²) in [6, 6.07) is 19.7. The monoisotopic (exact) mass is 344 g/mol. The summed E-state index contributed by atoms with van der Waals surface area (Å²) in [5.74, 6) is 1.14. The normalized spacial score (nSPS) is 10.9. The SMILES string of the molecule is Oc1ccc(CCNc2ncnc3c2ccn3Cc2ccccc2)cc1. The summed E-state index contributed by atoms with van der Waals surface area (Å²) in [4.78, 5) is 8.85. The van der Waals surface area contributed by atoms with Crippen molar-refractivity contribution in [3.05, 3.63) is 84.3 Å². The van der Waals surface area contributed by atoms with Crippen molar-refractivity contribution in [3.8, 4) is 5.75 Å². The molecule has 2 N–H and O–H groups in total. The van der Waals surface area contributed by atoms with Crippen molar-refractivity contribution in [3.63, 3.8) is 0 Å². The minimum absolute atomic E-state index is 0.291. The van der Waals surface area contributed by atoms with Crippen molar-refractivity contribution in [1.29, 1.82) is 0 Å². The first-order chi connectivity index (χ1) is 12.8. The lowest BCUT2D eigenvalue weighted by atomic mass is 10.1. The van der Waals surface area contributed by atoms with E-state index in [0.29, 0.717) is 5.75 Å². The van der Waals surface area contributed by atoms with Crippen LogP contribution < -0.4 is 5.32 Å². The van der Waals surface area contributed by atoms with Gasteiger partial charge in [-0.1, -0.05) is 42.5 Å². The third-order valence-electron chi connectivity index (χ3n) is 4.39. The predicted molar refractivity (Wildman–Crippen MR) is 103 cm³/mol. The molecule has 0 bridgehead atoms. The van der Waals surface area contributed by atoms with E-state index in [0.717, 1.165) is 36.4 Å². The average molecular weight is 344 g/mol. The fourth-order valence-electron chi connectivity index (χ4n) is 3.04. The standard InChI is InChI=1S/C21H20N4O/c26-18-8-6-16(7-9-18)10-12-22-20-19-11-13-25(21(19)24-15-23-20)14-17-4-2-1-3-5-17/h1-9,11,13,15,26H,10,12,14H2,(H,22,23,24). The summed E-state index contributed by atoms with van der Waals surface area (Å²) < 4.78 is 2.14. The molecule has 2 aromatic heterocycles. The molecular weight excluding hydrogens is 324 g/mol. The van der Waals surface area contributed by atoms with E-state index < -0.39 is 0 Å². The van der Waals surface area contributed by atoms with Crippen LogP contribution >= 0.6 is 0 Å². The molecule has 0 spiro atoms. The maximum atomic E-state index is 9.35. The summed E-state index contributed by atoms with van der Waals surface area (Å²) in [5, 5.41) is 13.8. The zero-order valence-corrected chi connectivity index (χ0v) is 14.3. The fourth-order valence-corrected chi connectivity index (χ4v) is 3.04. The molecule has 130 valence electrons. The minimum Gasteiger partial charge on any atom is -0.508 e. The molecule has 5 nitrogen and oxygen atoms in total. The Morgan fingerprint density at radius 1 is 0.885 bits per heavy atom. The number of hydrogen-bond donors (Lipinski definition) is 2. The van der Waals surface area contributed by atoms with E-state index in [9.17, 15) is 5.11 Å². The first kappa shape index (κ1) is 16.1. The molecule has 4 rings (SSSR count). The number of fused-ring (bicyclic) bond motifs is 1. The van der Waals surface area contributed by atoms with E-state index >= 15 is 0 Å². The van der Waals surface area contributed by atoms with Crippen molar-refractivity contribution in [2.75, 3.05) is 11.9 Å². The quantitative estimate of drug-likeness (QED) is 0.558. The number of benzene rings is 2. The third-order valence-corrected chi connectivity index (χ3v) is 4.39. The van der Waals surface area contributed by atoms with Crippen molar-refractivity contribution in [1.82, 2.24) is 14.5 Å². The van der Waals surface area contributed by atoms with E-state index in [2.05, 4.69) is 44.2 Å². The maximum Gasteiger partial charge on any atom is 0.145 e. The van der Waals surface area contributed by atoms with Crippen LogP contribution in [0.3, 0.4) is 0 Å². The number of hydrogen-bond acceptors (Lipinski definition) is 4. The minimum atomic E-state index is 0.291. The van der Waals surface area contributed by atoms with Crippen molar-refractivity contribution >= 4 is 16.9 Å². The van der Waals surface area contributed by atoms with Gasteiger partial charge in [-0.2, -0.15) is 0 Å². The molecule has 0 amide bonds. The number of aromatic nitrogens is 3. The van der Waals surface area contributed by atoms with Crippen LogP contribution in [0.5, 0.6) is 5.75 Å². The van der Waals surface area contributed by atoms with Gasteiger partial charge in [0.15, 0.2) is 0 Å². The highest BCUT2D eigenvalue weighted by Crippen LogP contribution is 2.21. The maximum absolute atomic E-state index is 9.35. The summed E-state index contributed by atoms with van der Waals surface area (Å²) in [6.07, 6.45) is 4.51. The second kappa shape index (κ2) is 7.27. The Hall–Kier alpha value is -3.34.